The molecular weight excluding hydrogens is 240 g/mol. The number of rotatable bonds is 4. The number of carbonyl (C=O) groups is 1. The Balaban J connectivity index is 1.73. The summed E-state index contributed by atoms with van der Waals surface area (Å²) in [6.45, 7) is 6.42. The van der Waals surface area contributed by atoms with Crippen LogP contribution >= 0.6 is 0 Å². The molecule has 19 heavy (non-hydrogen) atoms. The largest absolute Gasteiger partial charge is 0.374 e. The van der Waals surface area contributed by atoms with Gasteiger partial charge < -0.3 is 15.4 Å². The van der Waals surface area contributed by atoms with E-state index in [-0.39, 0.29) is 11.3 Å². The molecule has 0 aromatic rings. The molecule has 4 nitrogen and oxygen atoms in total. The van der Waals surface area contributed by atoms with E-state index < -0.39 is 0 Å². The van der Waals surface area contributed by atoms with Crippen LogP contribution in [-0.4, -0.2) is 42.6 Å². The zero-order chi connectivity index (χ0) is 13.6. The molecule has 3 rings (SSSR count). The Labute approximate surface area is 115 Å². The highest BCUT2D eigenvalue weighted by Crippen LogP contribution is 2.48. The molecule has 108 valence electrons. The van der Waals surface area contributed by atoms with Gasteiger partial charge in [0.15, 0.2) is 0 Å². The number of carbonyl (C=O) groups excluding carboxylic acids is 1. The number of ether oxygens (including phenoxy) is 1. The highest BCUT2D eigenvalue weighted by atomic mass is 16.5. The standard InChI is InChI=1S/C15H26N2O2/c1-3-15(4-2,9-16)14(18)17-7-10-11(8-17)13-6-5-12(10)19-13/h10-13H,3-9,16H2,1-2H3. The van der Waals surface area contributed by atoms with Crippen molar-refractivity contribution < 1.29 is 9.53 Å². The van der Waals surface area contributed by atoms with Crippen LogP contribution in [0.3, 0.4) is 0 Å². The summed E-state index contributed by atoms with van der Waals surface area (Å²) in [5, 5.41) is 0. The molecule has 3 saturated heterocycles. The monoisotopic (exact) mass is 266 g/mol. The lowest BCUT2D eigenvalue weighted by atomic mass is 9.81. The Morgan fingerprint density at radius 2 is 1.74 bits per heavy atom. The van der Waals surface area contributed by atoms with Crippen LogP contribution in [0.5, 0.6) is 0 Å². The van der Waals surface area contributed by atoms with E-state index in [9.17, 15) is 4.79 Å². The van der Waals surface area contributed by atoms with Gasteiger partial charge in [0, 0.05) is 31.5 Å². The highest BCUT2D eigenvalue weighted by molar-refractivity contribution is 5.83. The van der Waals surface area contributed by atoms with Crippen molar-refractivity contribution in [2.75, 3.05) is 19.6 Å². The predicted octanol–water partition coefficient (Wildman–Crippen LogP) is 1.39. The van der Waals surface area contributed by atoms with E-state index in [1.807, 2.05) is 0 Å². The molecule has 0 saturated carbocycles. The number of hydrogen-bond acceptors (Lipinski definition) is 3. The molecule has 3 heterocycles. The first-order valence-corrected chi connectivity index (χ1v) is 7.80. The van der Waals surface area contributed by atoms with Gasteiger partial charge in [-0.15, -0.1) is 0 Å². The third-order valence-corrected chi connectivity index (χ3v) is 5.94. The van der Waals surface area contributed by atoms with Crippen LogP contribution < -0.4 is 5.73 Å². The topological polar surface area (TPSA) is 55.6 Å². The normalized spacial score (nSPS) is 36.9. The van der Waals surface area contributed by atoms with Gasteiger partial charge in [0.2, 0.25) is 5.91 Å². The zero-order valence-electron chi connectivity index (χ0n) is 12.1. The van der Waals surface area contributed by atoms with Crippen LogP contribution in [0.1, 0.15) is 39.5 Å². The van der Waals surface area contributed by atoms with Crippen molar-refractivity contribution in [3.63, 3.8) is 0 Å². The molecule has 2 N–H and O–H groups in total. The summed E-state index contributed by atoms with van der Waals surface area (Å²) in [6.07, 6.45) is 4.91. The number of fused-ring (bicyclic) bond motifs is 5. The molecular formula is C15H26N2O2. The molecule has 0 aromatic heterocycles. The molecule has 4 heteroatoms. The van der Waals surface area contributed by atoms with Crippen molar-refractivity contribution >= 4 is 5.91 Å². The summed E-state index contributed by atoms with van der Waals surface area (Å²) >= 11 is 0. The van der Waals surface area contributed by atoms with E-state index in [0.717, 1.165) is 25.9 Å². The first kappa shape index (κ1) is 13.4. The van der Waals surface area contributed by atoms with Crippen molar-refractivity contribution in [3.05, 3.63) is 0 Å². The Bertz CT molecular complexity index is 341. The fraction of sp³-hybridized carbons (Fsp3) is 0.933. The van der Waals surface area contributed by atoms with Crippen LogP contribution in [-0.2, 0) is 9.53 Å². The SMILES string of the molecule is CCC(CC)(CN)C(=O)N1CC2C3CCC(O3)C2C1. The fourth-order valence-electron chi connectivity index (χ4n) is 4.39. The second-order valence-corrected chi connectivity index (χ2v) is 6.52. The summed E-state index contributed by atoms with van der Waals surface area (Å²) in [4.78, 5) is 14.9. The summed E-state index contributed by atoms with van der Waals surface area (Å²) in [6, 6.07) is 0. The molecule has 1 amide bonds. The van der Waals surface area contributed by atoms with E-state index in [1.165, 1.54) is 12.8 Å². The molecule has 4 unspecified atom stereocenters. The molecule has 0 aromatic carbocycles. The fourth-order valence-corrected chi connectivity index (χ4v) is 4.39. The number of amides is 1. The summed E-state index contributed by atoms with van der Waals surface area (Å²) in [7, 11) is 0. The van der Waals surface area contributed by atoms with Gasteiger partial charge in [0.05, 0.1) is 17.6 Å². The smallest absolute Gasteiger partial charge is 0.230 e. The van der Waals surface area contributed by atoms with Crippen LogP contribution in [0.25, 0.3) is 0 Å². The Morgan fingerprint density at radius 3 is 2.16 bits per heavy atom. The predicted molar refractivity (Wildman–Crippen MR) is 73.5 cm³/mol. The van der Waals surface area contributed by atoms with Gasteiger partial charge in [-0.2, -0.15) is 0 Å². The summed E-state index contributed by atoms with van der Waals surface area (Å²) in [5.74, 6) is 1.47. The van der Waals surface area contributed by atoms with E-state index >= 15 is 0 Å². The lowest BCUT2D eigenvalue weighted by molar-refractivity contribution is -0.141. The minimum atomic E-state index is -0.335. The first-order chi connectivity index (χ1) is 9.15. The highest BCUT2D eigenvalue weighted by Gasteiger charge is 2.55. The van der Waals surface area contributed by atoms with Gasteiger partial charge in [0.1, 0.15) is 0 Å². The maximum atomic E-state index is 12.8. The summed E-state index contributed by atoms with van der Waals surface area (Å²) < 4.78 is 5.97. The summed E-state index contributed by atoms with van der Waals surface area (Å²) in [5.41, 5.74) is 5.57. The number of nitrogens with two attached hydrogens (primary N) is 1. The molecule has 0 aliphatic carbocycles. The molecule has 0 radical (unpaired) electrons. The van der Waals surface area contributed by atoms with Crippen LogP contribution in [0.4, 0.5) is 0 Å². The molecule has 3 fully saturated rings. The number of hydrogen-bond donors (Lipinski definition) is 1. The van der Waals surface area contributed by atoms with Crippen molar-refractivity contribution in [1.82, 2.24) is 4.90 Å². The zero-order valence-corrected chi connectivity index (χ0v) is 12.1. The average molecular weight is 266 g/mol. The van der Waals surface area contributed by atoms with Crippen LogP contribution in [0.15, 0.2) is 0 Å². The quantitative estimate of drug-likeness (QED) is 0.836. The third kappa shape index (κ3) is 1.83. The molecule has 3 aliphatic heterocycles. The first-order valence-electron chi connectivity index (χ1n) is 7.80. The minimum Gasteiger partial charge on any atom is -0.374 e. The van der Waals surface area contributed by atoms with Gasteiger partial charge in [0.25, 0.3) is 0 Å². The van der Waals surface area contributed by atoms with Gasteiger partial charge >= 0.3 is 0 Å². The van der Waals surface area contributed by atoms with Gasteiger partial charge in [-0.25, -0.2) is 0 Å². The lowest BCUT2D eigenvalue weighted by Gasteiger charge is -2.33. The third-order valence-electron chi connectivity index (χ3n) is 5.94. The van der Waals surface area contributed by atoms with Crippen molar-refractivity contribution in [2.45, 2.75) is 51.7 Å². The van der Waals surface area contributed by atoms with Crippen LogP contribution in [0.2, 0.25) is 0 Å². The number of likely N-dealkylation sites (tertiary alicyclic amines) is 1. The van der Waals surface area contributed by atoms with E-state index in [2.05, 4.69) is 18.7 Å². The maximum Gasteiger partial charge on any atom is 0.230 e. The van der Waals surface area contributed by atoms with Crippen molar-refractivity contribution in [3.8, 4) is 0 Å². The van der Waals surface area contributed by atoms with Crippen LogP contribution in [0, 0.1) is 17.3 Å². The van der Waals surface area contributed by atoms with E-state index in [4.69, 9.17) is 10.5 Å². The second kappa shape index (κ2) is 4.74. The lowest BCUT2D eigenvalue weighted by Crippen LogP contribution is -2.47. The minimum absolute atomic E-state index is 0.286. The van der Waals surface area contributed by atoms with Crippen molar-refractivity contribution in [1.29, 1.82) is 0 Å². The van der Waals surface area contributed by atoms with Crippen molar-refractivity contribution in [2.24, 2.45) is 23.0 Å². The van der Waals surface area contributed by atoms with Gasteiger partial charge in [-0.05, 0) is 25.7 Å². The Kier molecular flexibility index (Phi) is 3.34. The van der Waals surface area contributed by atoms with E-state index in [0.29, 0.717) is 30.6 Å². The second-order valence-electron chi connectivity index (χ2n) is 6.52. The average Bonchev–Trinajstić information content (AvgIpc) is 3.13. The Hall–Kier alpha value is -0.610. The van der Waals surface area contributed by atoms with Gasteiger partial charge in [-0.3, -0.25) is 4.79 Å². The molecule has 2 bridgehead atoms. The molecule has 4 atom stereocenters. The molecule has 0 spiro atoms. The molecule has 3 aliphatic rings. The maximum absolute atomic E-state index is 12.8. The van der Waals surface area contributed by atoms with Gasteiger partial charge in [-0.1, -0.05) is 13.8 Å². The Morgan fingerprint density at radius 1 is 1.21 bits per heavy atom. The van der Waals surface area contributed by atoms with E-state index in [1.54, 1.807) is 0 Å². The number of nitrogens with zero attached hydrogens (tertiary/aromatic N) is 1.